The third-order valence-corrected chi connectivity index (χ3v) is 2.14. The molecule has 0 fully saturated rings. The molecule has 1 aliphatic carbocycles. The number of ketones is 1. The van der Waals surface area contributed by atoms with Crippen molar-refractivity contribution in [3.8, 4) is 0 Å². The molecule has 1 atom stereocenters. The summed E-state index contributed by atoms with van der Waals surface area (Å²) in [5.41, 5.74) is 1.05. The molecule has 56 valence electrons. The van der Waals surface area contributed by atoms with Gasteiger partial charge in [-0.05, 0) is 37.7 Å². The molecule has 1 nitrogen and oxygen atoms in total. The summed E-state index contributed by atoms with van der Waals surface area (Å²) in [6.07, 6.45) is 5.62. The molecule has 0 aromatic rings. The Hall–Kier alpha value is -0.590. The Bertz CT molecular complexity index is 168. The first-order valence-electron chi connectivity index (χ1n) is 3.93. The number of carbonyl (C=O) groups is 1. The first-order chi connectivity index (χ1) is 4.72. The first kappa shape index (κ1) is 7.52. The summed E-state index contributed by atoms with van der Waals surface area (Å²) < 4.78 is 0. The maximum Gasteiger partial charge on any atom is 0.155 e. The molecule has 0 radical (unpaired) electrons. The van der Waals surface area contributed by atoms with E-state index in [1.54, 1.807) is 6.92 Å². The molecule has 0 aromatic heterocycles. The van der Waals surface area contributed by atoms with Crippen molar-refractivity contribution in [2.75, 3.05) is 0 Å². The summed E-state index contributed by atoms with van der Waals surface area (Å²) in [5.74, 6) is 0.762. The van der Waals surface area contributed by atoms with E-state index < -0.39 is 0 Å². The maximum atomic E-state index is 10.9. The molecular formula is C9H14O. The maximum absolute atomic E-state index is 10.9. The highest BCUT2D eigenvalue weighted by molar-refractivity contribution is 5.93. The zero-order valence-electron chi connectivity index (χ0n) is 6.68. The van der Waals surface area contributed by atoms with Gasteiger partial charge in [-0.3, -0.25) is 4.79 Å². The molecule has 0 saturated carbocycles. The normalized spacial score (nSPS) is 25.8. The average molecular weight is 138 g/mol. The molecule has 0 spiro atoms. The summed E-state index contributed by atoms with van der Waals surface area (Å²) in [5, 5.41) is 0. The van der Waals surface area contributed by atoms with E-state index in [1.807, 2.05) is 0 Å². The third-order valence-electron chi connectivity index (χ3n) is 2.14. The fraction of sp³-hybridized carbons (Fsp3) is 0.667. The zero-order valence-corrected chi connectivity index (χ0v) is 6.68. The second-order valence-corrected chi connectivity index (χ2v) is 3.05. The summed E-state index contributed by atoms with van der Waals surface area (Å²) in [6, 6.07) is 0. The molecule has 0 heterocycles. The predicted molar refractivity (Wildman–Crippen MR) is 41.8 cm³/mol. The van der Waals surface area contributed by atoms with Gasteiger partial charge in [0.2, 0.25) is 0 Å². The average Bonchev–Trinajstić information content (AvgIpc) is 1.88. The fourth-order valence-corrected chi connectivity index (χ4v) is 1.53. The van der Waals surface area contributed by atoms with Crippen LogP contribution in [0.2, 0.25) is 0 Å². The number of hydrogen-bond donors (Lipinski definition) is 0. The van der Waals surface area contributed by atoms with E-state index in [9.17, 15) is 4.79 Å². The Kier molecular flexibility index (Phi) is 2.25. The lowest BCUT2D eigenvalue weighted by Gasteiger charge is -2.17. The molecule has 1 unspecified atom stereocenters. The minimum atomic E-state index is 0.257. The summed E-state index contributed by atoms with van der Waals surface area (Å²) in [4.78, 5) is 10.9. The van der Waals surface area contributed by atoms with Crippen molar-refractivity contribution >= 4 is 5.78 Å². The van der Waals surface area contributed by atoms with Gasteiger partial charge in [0, 0.05) is 0 Å². The second kappa shape index (κ2) is 3.00. The lowest BCUT2D eigenvalue weighted by molar-refractivity contribution is -0.114. The fourth-order valence-electron chi connectivity index (χ4n) is 1.53. The monoisotopic (exact) mass is 138 g/mol. The minimum Gasteiger partial charge on any atom is -0.295 e. The first-order valence-corrected chi connectivity index (χ1v) is 3.93. The quantitative estimate of drug-likeness (QED) is 0.543. The zero-order chi connectivity index (χ0) is 7.56. The van der Waals surface area contributed by atoms with Gasteiger partial charge in [-0.1, -0.05) is 13.0 Å². The summed E-state index contributed by atoms with van der Waals surface area (Å²) >= 11 is 0. The topological polar surface area (TPSA) is 17.1 Å². The molecule has 1 aliphatic rings. The van der Waals surface area contributed by atoms with Crippen LogP contribution in [0.15, 0.2) is 11.6 Å². The van der Waals surface area contributed by atoms with Gasteiger partial charge < -0.3 is 0 Å². The molecule has 0 N–H and O–H groups in total. The van der Waals surface area contributed by atoms with Crippen LogP contribution in [0.3, 0.4) is 0 Å². The van der Waals surface area contributed by atoms with Crippen LogP contribution in [0.1, 0.15) is 33.1 Å². The number of hydrogen-bond acceptors (Lipinski definition) is 1. The highest BCUT2D eigenvalue weighted by Crippen LogP contribution is 2.24. The number of rotatable bonds is 1. The highest BCUT2D eigenvalue weighted by Gasteiger charge is 2.15. The van der Waals surface area contributed by atoms with Crippen LogP contribution < -0.4 is 0 Å². The van der Waals surface area contributed by atoms with Crippen LogP contribution in [-0.4, -0.2) is 5.78 Å². The van der Waals surface area contributed by atoms with Crippen molar-refractivity contribution < 1.29 is 4.79 Å². The van der Waals surface area contributed by atoms with Gasteiger partial charge in [0.15, 0.2) is 5.78 Å². The predicted octanol–water partition coefficient (Wildman–Crippen LogP) is 2.32. The third kappa shape index (κ3) is 1.47. The van der Waals surface area contributed by atoms with Crippen LogP contribution >= 0.6 is 0 Å². The van der Waals surface area contributed by atoms with Crippen LogP contribution in [0.5, 0.6) is 0 Å². The van der Waals surface area contributed by atoms with E-state index in [2.05, 4.69) is 13.0 Å². The van der Waals surface area contributed by atoms with Crippen LogP contribution in [0.4, 0.5) is 0 Å². The Morgan fingerprint density at radius 3 is 2.80 bits per heavy atom. The van der Waals surface area contributed by atoms with Crippen molar-refractivity contribution in [3.05, 3.63) is 11.6 Å². The largest absolute Gasteiger partial charge is 0.295 e. The highest BCUT2D eigenvalue weighted by atomic mass is 16.1. The number of Topliss-reactive ketones (excluding diaryl/α,β-unsaturated/α-hetero) is 1. The molecule has 0 aromatic carbocycles. The van der Waals surface area contributed by atoms with E-state index in [1.165, 1.54) is 12.8 Å². The Morgan fingerprint density at radius 1 is 1.70 bits per heavy atom. The van der Waals surface area contributed by atoms with Crippen LogP contribution in [0, 0.1) is 5.92 Å². The van der Waals surface area contributed by atoms with Gasteiger partial charge in [0.25, 0.3) is 0 Å². The van der Waals surface area contributed by atoms with Gasteiger partial charge in [0.05, 0.1) is 0 Å². The van der Waals surface area contributed by atoms with Crippen molar-refractivity contribution in [2.24, 2.45) is 5.92 Å². The van der Waals surface area contributed by atoms with Crippen molar-refractivity contribution in [3.63, 3.8) is 0 Å². The van der Waals surface area contributed by atoms with E-state index in [4.69, 9.17) is 0 Å². The molecule has 0 amide bonds. The molecule has 0 bridgehead atoms. The minimum absolute atomic E-state index is 0.257. The van der Waals surface area contributed by atoms with Crippen LogP contribution in [-0.2, 0) is 4.79 Å². The van der Waals surface area contributed by atoms with Gasteiger partial charge in [-0.25, -0.2) is 0 Å². The van der Waals surface area contributed by atoms with Crippen molar-refractivity contribution in [1.82, 2.24) is 0 Å². The molecule has 1 rings (SSSR count). The molecule has 0 aliphatic heterocycles. The Balaban J connectivity index is 2.71. The van der Waals surface area contributed by atoms with Crippen molar-refractivity contribution in [1.29, 1.82) is 0 Å². The van der Waals surface area contributed by atoms with E-state index >= 15 is 0 Å². The summed E-state index contributed by atoms with van der Waals surface area (Å²) in [6.45, 7) is 3.79. The SMILES string of the molecule is CC(=O)C1=CCCCC1C. The molecule has 1 heteroatoms. The Labute approximate surface area is 62.1 Å². The number of allylic oxidation sites excluding steroid dienone is 2. The molecular weight excluding hydrogens is 124 g/mol. The van der Waals surface area contributed by atoms with Gasteiger partial charge in [0.1, 0.15) is 0 Å². The smallest absolute Gasteiger partial charge is 0.155 e. The second-order valence-electron chi connectivity index (χ2n) is 3.05. The van der Waals surface area contributed by atoms with Gasteiger partial charge in [-0.15, -0.1) is 0 Å². The van der Waals surface area contributed by atoms with E-state index in [-0.39, 0.29) is 5.78 Å². The molecule has 10 heavy (non-hydrogen) atoms. The van der Waals surface area contributed by atoms with Gasteiger partial charge >= 0.3 is 0 Å². The van der Waals surface area contributed by atoms with Crippen LogP contribution in [0.25, 0.3) is 0 Å². The number of carbonyl (C=O) groups excluding carboxylic acids is 1. The van der Waals surface area contributed by atoms with Gasteiger partial charge in [-0.2, -0.15) is 0 Å². The lowest BCUT2D eigenvalue weighted by atomic mass is 9.87. The summed E-state index contributed by atoms with van der Waals surface area (Å²) in [7, 11) is 0. The lowest BCUT2D eigenvalue weighted by Crippen LogP contribution is -2.10. The Morgan fingerprint density at radius 2 is 2.40 bits per heavy atom. The van der Waals surface area contributed by atoms with E-state index in [0.29, 0.717) is 5.92 Å². The standard InChI is InChI=1S/C9H14O/c1-7-5-3-4-6-9(7)8(2)10/h6-7H,3-5H2,1-2H3. The molecule has 0 saturated heterocycles. The van der Waals surface area contributed by atoms with Crippen molar-refractivity contribution in [2.45, 2.75) is 33.1 Å². The van der Waals surface area contributed by atoms with E-state index in [0.717, 1.165) is 12.0 Å².